The SMILES string of the molecule is CCOc1cncc(C(=O)C2CCC(F)(F)C2)c1. The van der Waals surface area contributed by atoms with E-state index in [9.17, 15) is 13.6 Å². The van der Waals surface area contributed by atoms with Gasteiger partial charge in [0, 0.05) is 30.5 Å². The fourth-order valence-electron chi connectivity index (χ4n) is 2.21. The van der Waals surface area contributed by atoms with Crippen molar-refractivity contribution >= 4 is 5.78 Å². The Hall–Kier alpha value is -1.52. The summed E-state index contributed by atoms with van der Waals surface area (Å²) in [6.45, 7) is 2.30. The van der Waals surface area contributed by atoms with Gasteiger partial charge in [0.05, 0.1) is 12.8 Å². The normalized spacial score (nSPS) is 21.8. The van der Waals surface area contributed by atoms with Crippen LogP contribution in [0.25, 0.3) is 0 Å². The Kier molecular flexibility index (Phi) is 3.59. The number of aromatic nitrogens is 1. The summed E-state index contributed by atoms with van der Waals surface area (Å²) in [7, 11) is 0. The van der Waals surface area contributed by atoms with Gasteiger partial charge in [-0.15, -0.1) is 0 Å². The Morgan fingerprint density at radius 2 is 2.33 bits per heavy atom. The van der Waals surface area contributed by atoms with E-state index in [4.69, 9.17) is 4.74 Å². The lowest BCUT2D eigenvalue weighted by Gasteiger charge is -2.10. The van der Waals surface area contributed by atoms with Crippen LogP contribution < -0.4 is 4.74 Å². The third-order valence-corrected chi connectivity index (χ3v) is 3.08. The number of pyridine rings is 1. The molecule has 98 valence electrons. The van der Waals surface area contributed by atoms with E-state index in [1.807, 2.05) is 6.92 Å². The first kappa shape index (κ1) is 12.9. The molecule has 1 aliphatic carbocycles. The first-order valence-corrected chi connectivity index (χ1v) is 6.02. The van der Waals surface area contributed by atoms with Gasteiger partial charge in [-0.3, -0.25) is 9.78 Å². The van der Waals surface area contributed by atoms with Gasteiger partial charge in [0.2, 0.25) is 5.92 Å². The molecule has 1 heterocycles. The van der Waals surface area contributed by atoms with Crippen LogP contribution in [0.5, 0.6) is 5.75 Å². The highest BCUT2D eigenvalue weighted by molar-refractivity contribution is 5.98. The lowest BCUT2D eigenvalue weighted by atomic mass is 9.97. The third kappa shape index (κ3) is 2.83. The molecular formula is C13H15F2NO2. The van der Waals surface area contributed by atoms with Crippen LogP contribution in [0.15, 0.2) is 18.5 Å². The molecule has 0 bridgehead atoms. The summed E-state index contributed by atoms with van der Waals surface area (Å²) in [5.74, 6) is -3.07. The molecule has 1 unspecified atom stereocenters. The molecule has 1 fully saturated rings. The van der Waals surface area contributed by atoms with Crippen molar-refractivity contribution in [1.82, 2.24) is 4.98 Å². The van der Waals surface area contributed by atoms with E-state index in [2.05, 4.69) is 4.98 Å². The summed E-state index contributed by atoms with van der Waals surface area (Å²) < 4.78 is 31.4. The molecule has 0 radical (unpaired) electrons. The monoisotopic (exact) mass is 255 g/mol. The molecule has 1 aromatic heterocycles. The number of nitrogens with zero attached hydrogens (tertiary/aromatic N) is 1. The van der Waals surface area contributed by atoms with Crippen LogP contribution in [0.1, 0.15) is 36.5 Å². The van der Waals surface area contributed by atoms with Crippen LogP contribution in [0.3, 0.4) is 0 Å². The van der Waals surface area contributed by atoms with Gasteiger partial charge in [-0.2, -0.15) is 0 Å². The third-order valence-electron chi connectivity index (χ3n) is 3.08. The molecule has 0 N–H and O–H groups in total. The molecule has 0 aliphatic heterocycles. The minimum Gasteiger partial charge on any atom is -0.492 e. The van der Waals surface area contributed by atoms with Gasteiger partial charge in [0.1, 0.15) is 5.75 Å². The van der Waals surface area contributed by atoms with Gasteiger partial charge >= 0.3 is 0 Å². The number of ketones is 1. The molecular weight excluding hydrogens is 240 g/mol. The predicted octanol–water partition coefficient (Wildman–Crippen LogP) is 3.10. The Bertz CT molecular complexity index is 448. The molecule has 5 heteroatoms. The number of rotatable bonds is 4. The van der Waals surface area contributed by atoms with E-state index in [0.29, 0.717) is 17.9 Å². The second-order valence-electron chi connectivity index (χ2n) is 4.50. The fraction of sp³-hybridized carbons (Fsp3) is 0.538. The average molecular weight is 255 g/mol. The largest absolute Gasteiger partial charge is 0.492 e. The van der Waals surface area contributed by atoms with Crippen molar-refractivity contribution in [3.63, 3.8) is 0 Å². The fourth-order valence-corrected chi connectivity index (χ4v) is 2.21. The minimum atomic E-state index is -2.70. The molecule has 3 nitrogen and oxygen atoms in total. The maximum absolute atomic E-state index is 13.1. The highest BCUT2D eigenvalue weighted by atomic mass is 19.3. The lowest BCUT2D eigenvalue weighted by Crippen LogP contribution is -2.16. The lowest BCUT2D eigenvalue weighted by molar-refractivity contribution is 0.00530. The Balaban J connectivity index is 2.12. The van der Waals surface area contributed by atoms with Crippen molar-refractivity contribution < 1.29 is 18.3 Å². The van der Waals surface area contributed by atoms with Crippen LogP contribution in [0.2, 0.25) is 0 Å². The summed E-state index contributed by atoms with van der Waals surface area (Å²) in [5, 5.41) is 0. The Labute approximate surface area is 104 Å². The summed E-state index contributed by atoms with van der Waals surface area (Å²) in [4.78, 5) is 16.0. The van der Waals surface area contributed by atoms with Gasteiger partial charge < -0.3 is 4.74 Å². The van der Waals surface area contributed by atoms with E-state index in [1.54, 1.807) is 6.07 Å². The quantitative estimate of drug-likeness (QED) is 0.776. The zero-order chi connectivity index (χ0) is 13.2. The minimum absolute atomic E-state index is 0.206. The van der Waals surface area contributed by atoms with E-state index < -0.39 is 11.8 Å². The molecule has 1 atom stereocenters. The number of hydrogen-bond acceptors (Lipinski definition) is 3. The highest BCUT2D eigenvalue weighted by Gasteiger charge is 2.42. The molecule has 0 saturated heterocycles. The number of ether oxygens (including phenoxy) is 1. The van der Waals surface area contributed by atoms with Gasteiger partial charge in [-0.1, -0.05) is 0 Å². The number of carbonyl (C=O) groups excluding carboxylic acids is 1. The topological polar surface area (TPSA) is 39.2 Å². The number of halogens is 2. The first-order chi connectivity index (χ1) is 8.52. The number of hydrogen-bond donors (Lipinski definition) is 0. The zero-order valence-corrected chi connectivity index (χ0v) is 10.2. The van der Waals surface area contributed by atoms with Crippen molar-refractivity contribution in [2.45, 2.75) is 32.1 Å². The van der Waals surface area contributed by atoms with Crippen LogP contribution >= 0.6 is 0 Å². The van der Waals surface area contributed by atoms with Crippen molar-refractivity contribution in [3.05, 3.63) is 24.0 Å². The molecule has 0 spiro atoms. The second kappa shape index (κ2) is 5.00. The Morgan fingerprint density at radius 3 is 2.94 bits per heavy atom. The van der Waals surface area contributed by atoms with Gasteiger partial charge in [0.25, 0.3) is 0 Å². The van der Waals surface area contributed by atoms with Crippen molar-refractivity contribution in [1.29, 1.82) is 0 Å². The van der Waals surface area contributed by atoms with Crippen LogP contribution in [0, 0.1) is 5.92 Å². The summed E-state index contributed by atoms with van der Waals surface area (Å²) in [6.07, 6.45) is 2.59. The second-order valence-corrected chi connectivity index (χ2v) is 4.50. The molecule has 1 aromatic rings. The molecule has 1 aliphatic rings. The van der Waals surface area contributed by atoms with E-state index in [-0.39, 0.29) is 25.0 Å². The summed E-state index contributed by atoms with van der Waals surface area (Å²) in [5.41, 5.74) is 0.351. The molecule has 0 aromatic carbocycles. The number of carbonyl (C=O) groups is 1. The first-order valence-electron chi connectivity index (χ1n) is 6.02. The number of alkyl halides is 2. The van der Waals surface area contributed by atoms with Gasteiger partial charge in [0.15, 0.2) is 5.78 Å². The molecule has 1 saturated carbocycles. The average Bonchev–Trinajstić information content (AvgIpc) is 2.70. The highest BCUT2D eigenvalue weighted by Crippen LogP contribution is 2.40. The molecule has 2 rings (SSSR count). The van der Waals surface area contributed by atoms with E-state index >= 15 is 0 Å². The molecule has 0 amide bonds. The van der Waals surface area contributed by atoms with Crippen molar-refractivity contribution in [3.8, 4) is 5.75 Å². The zero-order valence-electron chi connectivity index (χ0n) is 10.2. The maximum atomic E-state index is 13.1. The van der Waals surface area contributed by atoms with Gasteiger partial charge in [-0.05, 0) is 19.4 Å². The summed E-state index contributed by atoms with van der Waals surface area (Å²) in [6, 6.07) is 1.56. The van der Waals surface area contributed by atoms with Gasteiger partial charge in [-0.25, -0.2) is 8.78 Å². The van der Waals surface area contributed by atoms with Crippen LogP contribution in [0.4, 0.5) is 8.78 Å². The van der Waals surface area contributed by atoms with E-state index in [0.717, 1.165) is 0 Å². The Morgan fingerprint density at radius 1 is 1.56 bits per heavy atom. The number of Topliss-reactive ketones (excluding diaryl/α,β-unsaturated/α-hetero) is 1. The van der Waals surface area contributed by atoms with Crippen LogP contribution in [-0.4, -0.2) is 23.3 Å². The van der Waals surface area contributed by atoms with Crippen molar-refractivity contribution in [2.24, 2.45) is 5.92 Å². The predicted molar refractivity (Wildman–Crippen MR) is 62.0 cm³/mol. The summed E-state index contributed by atoms with van der Waals surface area (Å²) >= 11 is 0. The van der Waals surface area contributed by atoms with Crippen molar-refractivity contribution in [2.75, 3.05) is 6.61 Å². The van der Waals surface area contributed by atoms with Crippen LogP contribution in [-0.2, 0) is 0 Å². The standard InChI is InChI=1S/C13H15F2NO2/c1-2-18-11-5-10(7-16-8-11)12(17)9-3-4-13(14,15)6-9/h5,7-9H,2-4,6H2,1H3. The maximum Gasteiger partial charge on any atom is 0.248 e. The van der Waals surface area contributed by atoms with E-state index in [1.165, 1.54) is 12.4 Å². The molecule has 18 heavy (non-hydrogen) atoms. The smallest absolute Gasteiger partial charge is 0.248 e.